The number of thiazole rings is 1. The Kier molecular flexibility index (Phi) is 6.10. The topological polar surface area (TPSA) is 46.5 Å². The highest BCUT2D eigenvalue weighted by Crippen LogP contribution is 2.24. The van der Waals surface area contributed by atoms with Gasteiger partial charge in [0.2, 0.25) is 5.13 Å². The molecule has 0 saturated heterocycles. The van der Waals surface area contributed by atoms with Crippen molar-refractivity contribution in [3.63, 3.8) is 0 Å². The molecule has 0 bridgehead atoms. The van der Waals surface area contributed by atoms with Gasteiger partial charge in [0.25, 0.3) is 0 Å². The van der Waals surface area contributed by atoms with E-state index < -0.39 is 11.6 Å². The highest BCUT2D eigenvalue weighted by atomic mass is 32.1. The summed E-state index contributed by atoms with van der Waals surface area (Å²) < 4.78 is 32.0. The predicted octanol–water partition coefficient (Wildman–Crippen LogP) is 6.11. The zero-order valence-corrected chi connectivity index (χ0v) is 16.6. The molecule has 0 unspecified atom stereocenters. The lowest BCUT2D eigenvalue weighted by atomic mass is 10.2. The Hall–Kier alpha value is -3.58. The van der Waals surface area contributed by atoms with Gasteiger partial charge < -0.3 is 4.74 Å². The van der Waals surface area contributed by atoms with Gasteiger partial charge in [-0.15, -0.1) is 11.3 Å². The van der Waals surface area contributed by atoms with Crippen molar-refractivity contribution in [3.8, 4) is 17.0 Å². The monoisotopic (exact) mass is 421 g/mol. The van der Waals surface area contributed by atoms with E-state index in [0.717, 1.165) is 29.0 Å². The number of nitrogens with zero attached hydrogens (tertiary/aromatic N) is 2. The van der Waals surface area contributed by atoms with Crippen LogP contribution in [-0.4, -0.2) is 11.2 Å². The molecule has 1 aromatic heterocycles. The number of ether oxygens (including phenoxy) is 1. The summed E-state index contributed by atoms with van der Waals surface area (Å²) in [5, 5.41) is 6.89. The molecule has 30 heavy (non-hydrogen) atoms. The molecule has 4 nitrogen and oxygen atoms in total. The molecule has 0 aliphatic rings. The summed E-state index contributed by atoms with van der Waals surface area (Å²) in [6.07, 6.45) is 1.66. The number of halogens is 2. The van der Waals surface area contributed by atoms with Crippen molar-refractivity contribution in [1.82, 2.24) is 4.98 Å². The summed E-state index contributed by atoms with van der Waals surface area (Å²) in [4.78, 5) is 4.52. The largest absolute Gasteiger partial charge is 0.489 e. The third kappa shape index (κ3) is 5.07. The number of nitrogens with one attached hydrogen (secondary N) is 1. The Bertz CT molecular complexity index is 1160. The van der Waals surface area contributed by atoms with Gasteiger partial charge in [-0.3, -0.25) is 5.43 Å². The minimum absolute atomic E-state index is 0.136. The minimum atomic E-state index is -0.888. The summed E-state index contributed by atoms with van der Waals surface area (Å²) in [6.45, 7) is 0.136. The molecule has 1 heterocycles. The van der Waals surface area contributed by atoms with Crippen LogP contribution in [0.4, 0.5) is 13.9 Å². The molecule has 1 N–H and O–H groups in total. The molecule has 0 fully saturated rings. The van der Waals surface area contributed by atoms with E-state index in [0.29, 0.717) is 16.4 Å². The first-order valence-electron chi connectivity index (χ1n) is 9.14. The summed E-state index contributed by atoms with van der Waals surface area (Å²) in [5.41, 5.74) is 6.25. The van der Waals surface area contributed by atoms with E-state index in [1.54, 1.807) is 12.3 Å². The number of aromatic nitrogens is 1. The fourth-order valence-corrected chi connectivity index (χ4v) is 3.38. The second-order valence-electron chi connectivity index (χ2n) is 6.38. The highest BCUT2D eigenvalue weighted by molar-refractivity contribution is 7.14. The fourth-order valence-electron chi connectivity index (χ4n) is 2.71. The number of hydrazone groups is 1. The van der Waals surface area contributed by atoms with Gasteiger partial charge in [0.1, 0.15) is 12.4 Å². The Balaban J connectivity index is 1.35. The van der Waals surface area contributed by atoms with Crippen LogP contribution in [0, 0.1) is 11.6 Å². The maximum absolute atomic E-state index is 13.3. The van der Waals surface area contributed by atoms with Gasteiger partial charge in [0, 0.05) is 10.9 Å². The van der Waals surface area contributed by atoms with E-state index in [2.05, 4.69) is 15.5 Å². The van der Waals surface area contributed by atoms with Crippen LogP contribution in [-0.2, 0) is 6.61 Å². The number of benzene rings is 3. The third-order valence-corrected chi connectivity index (χ3v) is 4.94. The number of anilines is 1. The van der Waals surface area contributed by atoms with Crippen LogP contribution in [0.1, 0.15) is 11.1 Å². The Morgan fingerprint density at radius 3 is 2.67 bits per heavy atom. The lowest BCUT2D eigenvalue weighted by Crippen LogP contribution is -1.98. The lowest BCUT2D eigenvalue weighted by Gasteiger charge is -2.07. The molecule has 0 amide bonds. The first kappa shape index (κ1) is 19.7. The van der Waals surface area contributed by atoms with Gasteiger partial charge in [0.05, 0.1) is 11.9 Å². The van der Waals surface area contributed by atoms with Crippen LogP contribution < -0.4 is 10.2 Å². The van der Waals surface area contributed by atoms with E-state index in [4.69, 9.17) is 4.74 Å². The summed E-state index contributed by atoms with van der Waals surface area (Å²) in [6, 6.07) is 20.9. The molecule has 0 saturated carbocycles. The number of rotatable bonds is 7. The molecular weight excluding hydrogens is 404 g/mol. The quantitative estimate of drug-likeness (QED) is 0.289. The van der Waals surface area contributed by atoms with Gasteiger partial charge in [-0.1, -0.05) is 48.5 Å². The average molecular weight is 421 g/mol. The van der Waals surface area contributed by atoms with Crippen LogP contribution in [0.5, 0.6) is 5.75 Å². The lowest BCUT2D eigenvalue weighted by molar-refractivity contribution is 0.305. The van der Waals surface area contributed by atoms with Crippen molar-refractivity contribution in [2.75, 3.05) is 5.43 Å². The number of hydrogen-bond donors (Lipinski definition) is 1. The fraction of sp³-hybridized carbons (Fsp3) is 0.0435. The average Bonchev–Trinajstić information content (AvgIpc) is 3.24. The van der Waals surface area contributed by atoms with Crippen LogP contribution >= 0.6 is 11.3 Å². The predicted molar refractivity (Wildman–Crippen MR) is 116 cm³/mol. The van der Waals surface area contributed by atoms with Crippen molar-refractivity contribution >= 4 is 22.7 Å². The highest BCUT2D eigenvalue weighted by Gasteiger charge is 2.04. The van der Waals surface area contributed by atoms with Crippen LogP contribution in [0.25, 0.3) is 11.3 Å². The van der Waals surface area contributed by atoms with Crippen LogP contribution in [0.2, 0.25) is 0 Å². The smallest absolute Gasteiger partial charge is 0.203 e. The van der Waals surface area contributed by atoms with E-state index in [9.17, 15) is 8.78 Å². The Labute approximate surface area is 176 Å². The molecule has 0 aliphatic carbocycles. The first-order chi connectivity index (χ1) is 14.7. The molecule has 0 aliphatic heterocycles. The van der Waals surface area contributed by atoms with Gasteiger partial charge in [-0.25, -0.2) is 13.8 Å². The first-order valence-corrected chi connectivity index (χ1v) is 10.0. The molecule has 4 aromatic rings. The zero-order chi connectivity index (χ0) is 20.8. The molecule has 150 valence electrons. The van der Waals surface area contributed by atoms with E-state index in [1.807, 2.05) is 53.9 Å². The van der Waals surface area contributed by atoms with Crippen molar-refractivity contribution in [1.29, 1.82) is 0 Å². The van der Waals surface area contributed by atoms with Crippen molar-refractivity contribution in [2.45, 2.75) is 6.61 Å². The van der Waals surface area contributed by atoms with E-state index in [-0.39, 0.29) is 6.61 Å². The van der Waals surface area contributed by atoms with Crippen LogP contribution in [0.15, 0.2) is 83.3 Å². The zero-order valence-electron chi connectivity index (χ0n) is 15.8. The van der Waals surface area contributed by atoms with Gasteiger partial charge in [0.15, 0.2) is 11.6 Å². The molecular formula is C23H17F2N3OS. The Morgan fingerprint density at radius 2 is 1.83 bits per heavy atom. The van der Waals surface area contributed by atoms with Gasteiger partial charge in [-0.05, 0) is 35.4 Å². The molecule has 4 rings (SSSR count). The van der Waals surface area contributed by atoms with E-state index >= 15 is 0 Å². The Morgan fingerprint density at radius 1 is 0.967 bits per heavy atom. The molecule has 7 heteroatoms. The maximum atomic E-state index is 13.3. The molecule has 0 radical (unpaired) electrons. The van der Waals surface area contributed by atoms with Crippen molar-refractivity contribution in [2.24, 2.45) is 5.10 Å². The SMILES string of the molecule is Fc1ccc(COc2cccc(C=NNc3nc(-c4ccccc4)cs3)c2)cc1F. The maximum Gasteiger partial charge on any atom is 0.203 e. The summed E-state index contributed by atoms with van der Waals surface area (Å²) >= 11 is 1.47. The van der Waals surface area contributed by atoms with E-state index in [1.165, 1.54) is 17.4 Å². The van der Waals surface area contributed by atoms with Gasteiger partial charge >= 0.3 is 0 Å². The normalized spacial score (nSPS) is 11.0. The summed E-state index contributed by atoms with van der Waals surface area (Å²) in [5.74, 6) is -1.16. The third-order valence-electron chi connectivity index (χ3n) is 4.20. The van der Waals surface area contributed by atoms with Crippen LogP contribution in [0.3, 0.4) is 0 Å². The minimum Gasteiger partial charge on any atom is -0.489 e. The second kappa shape index (κ2) is 9.28. The summed E-state index contributed by atoms with van der Waals surface area (Å²) in [7, 11) is 0. The number of hydrogen-bond acceptors (Lipinski definition) is 5. The molecule has 3 aromatic carbocycles. The van der Waals surface area contributed by atoms with Crippen molar-refractivity contribution < 1.29 is 13.5 Å². The standard InChI is InChI=1S/C23H17F2N3OS/c24-20-10-9-17(12-21(20)25)14-29-19-8-4-5-16(11-19)13-26-28-23-27-22(15-30-23)18-6-2-1-3-7-18/h1-13,15H,14H2,(H,27,28). The second-order valence-corrected chi connectivity index (χ2v) is 7.24. The van der Waals surface area contributed by atoms with Crippen molar-refractivity contribution in [3.05, 3.63) is 101 Å². The van der Waals surface area contributed by atoms with Gasteiger partial charge in [-0.2, -0.15) is 5.10 Å². The molecule has 0 spiro atoms. The molecule has 0 atom stereocenters.